The van der Waals surface area contributed by atoms with E-state index in [2.05, 4.69) is 4.98 Å². The summed E-state index contributed by atoms with van der Waals surface area (Å²) >= 11 is 0. The van der Waals surface area contributed by atoms with Gasteiger partial charge in [-0.3, -0.25) is 19.0 Å². The number of likely N-dealkylation sites (tertiary alicyclic amines) is 1. The average Bonchev–Trinajstić information content (AvgIpc) is 3.36. The van der Waals surface area contributed by atoms with Gasteiger partial charge in [-0.2, -0.15) is 0 Å². The van der Waals surface area contributed by atoms with Gasteiger partial charge in [-0.25, -0.2) is 0 Å². The van der Waals surface area contributed by atoms with Crippen LogP contribution in [0.15, 0.2) is 64.2 Å². The summed E-state index contributed by atoms with van der Waals surface area (Å²) in [6.45, 7) is 1.18. The molecule has 1 fully saturated rings. The van der Waals surface area contributed by atoms with Crippen LogP contribution in [0.1, 0.15) is 24.0 Å². The molecule has 0 bridgehead atoms. The largest absolute Gasteiger partial charge is 0.497 e. The Morgan fingerprint density at radius 1 is 0.969 bits per heavy atom. The first-order chi connectivity index (χ1) is 15.5. The van der Waals surface area contributed by atoms with Crippen molar-refractivity contribution in [2.45, 2.75) is 19.4 Å². The van der Waals surface area contributed by atoms with Crippen LogP contribution >= 0.6 is 0 Å². The van der Waals surface area contributed by atoms with Crippen molar-refractivity contribution < 1.29 is 9.53 Å². The lowest BCUT2D eigenvalue weighted by Crippen LogP contribution is -2.55. The quantitative estimate of drug-likeness (QED) is 0.649. The number of hydrogen-bond acceptors (Lipinski definition) is 4. The molecule has 0 atom stereocenters. The number of nitrogens with one attached hydrogen (secondary N) is 1. The molecule has 2 aromatic carbocycles. The second-order valence-electron chi connectivity index (χ2n) is 7.70. The van der Waals surface area contributed by atoms with E-state index in [1.165, 1.54) is 4.57 Å². The number of hydrogen-bond donors (Lipinski definition) is 1. The van der Waals surface area contributed by atoms with Crippen LogP contribution in [0, 0.1) is 0 Å². The molecule has 1 saturated heterocycles. The number of benzene rings is 2. The monoisotopic (exact) mass is 431 g/mol. The lowest BCUT2D eigenvalue weighted by Gasteiger charge is -2.16. The third-order valence-corrected chi connectivity index (χ3v) is 5.53. The van der Waals surface area contributed by atoms with E-state index in [1.807, 2.05) is 30.3 Å². The number of carbonyl (C=O) groups is 1. The standard InChI is InChI=1S/C25H25N3O4/c1-32-20-11-9-19(10-12-20)16-22-24(30)26-21(15-18-7-3-2-4-8-18)25(31)28(22)17-23(29)27-13-5-6-14-27/h2-4,7-12,15-16H,5-6,13-14,17H2,1H3,(H,26,30). The Morgan fingerprint density at radius 3 is 2.28 bits per heavy atom. The minimum absolute atomic E-state index is 0.137. The molecule has 0 unspecified atom stereocenters. The smallest absolute Gasteiger partial charge is 0.275 e. The summed E-state index contributed by atoms with van der Waals surface area (Å²) < 4.78 is 6.45. The fourth-order valence-electron chi connectivity index (χ4n) is 3.79. The summed E-state index contributed by atoms with van der Waals surface area (Å²) in [5.74, 6) is 0.524. The maximum absolute atomic E-state index is 13.3. The van der Waals surface area contributed by atoms with Crippen LogP contribution in [0.25, 0.3) is 12.2 Å². The zero-order valence-corrected chi connectivity index (χ0v) is 17.9. The Kier molecular flexibility index (Phi) is 6.35. The molecule has 32 heavy (non-hydrogen) atoms. The summed E-state index contributed by atoms with van der Waals surface area (Å²) in [6.07, 6.45) is 5.14. The maximum atomic E-state index is 13.3. The number of nitrogens with zero attached hydrogens (tertiary/aromatic N) is 2. The highest BCUT2D eigenvalue weighted by molar-refractivity contribution is 5.76. The summed E-state index contributed by atoms with van der Waals surface area (Å²) in [6, 6.07) is 16.4. The molecule has 0 aliphatic carbocycles. The van der Waals surface area contributed by atoms with Gasteiger partial charge >= 0.3 is 0 Å². The van der Waals surface area contributed by atoms with Crippen LogP contribution in [0.4, 0.5) is 0 Å². The number of H-pyrrole nitrogens is 1. The van der Waals surface area contributed by atoms with E-state index >= 15 is 0 Å². The molecule has 1 N–H and O–H groups in total. The van der Waals surface area contributed by atoms with Crippen molar-refractivity contribution in [3.8, 4) is 5.75 Å². The normalized spacial score (nSPS) is 14.7. The zero-order valence-electron chi connectivity index (χ0n) is 17.9. The molecule has 0 radical (unpaired) electrons. The Labute approximate surface area is 184 Å². The minimum atomic E-state index is -0.433. The SMILES string of the molecule is COc1ccc(C=c2c(=O)[nH]c(=Cc3ccccc3)c(=O)n2CC(=O)N2CCCC2)cc1. The van der Waals surface area contributed by atoms with E-state index in [-0.39, 0.29) is 23.2 Å². The molecule has 4 rings (SSSR count). The molecule has 1 aromatic heterocycles. The lowest BCUT2D eigenvalue weighted by atomic mass is 10.2. The van der Waals surface area contributed by atoms with Gasteiger partial charge in [0.2, 0.25) is 5.91 Å². The predicted octanol–water partition coefficient (Wildman–Crippen LogP) is 0.825. The number of ether oxygens (including phenoxy) is 1. The summed E-state index contributed by atoms with van der Waals surface area (Å²) in [5.41, 5.74) is 0.653. The Morgan fingerprint density at radius 2 is 1.62 bits per heavy atom. The molecular formula is C25H25N3O4. The molecule has 7 heteroatoms. The van der Waals surface area contributed by atoms with Crippen LogP contribution in [0.3, 0.4) is 0 Å². The summed E-state index contributed by atoms with van der Waals surface area (Å²) in [4.78, 5) is 43.6. The third kappa shape index (κ3) is 4.72. The number of methoxy groups -OCH3 is 1. The van der Waals surface area contributed by atoms with Gasteiger partial charge in [0.1, 0.15) is 23.0 Å². The highest BCUT2D eigenvalue weighted by Gasteiger charge is 2.19. The fourth-order valence-corrected chi connectivity index (χ4v) is 3.79. The second kappa shape index (κ2) is 9.51. The third-order valence-electron chi connectivity index (χ3n) is 5.53. The molecule has 164 valence electrons. The Balaban J connectivity index is 1.87. The van der Waals surface area contributed by atoms with Crippen LogP contribution in [0.2, 0.25) is 0 Å². The van der Waals surface area contributed by atoms with Crippen LogP contribution in [-0.2, 0) is 11.3 Å². The topological polar surface area (TPSA) is 84.4 Å². The van der Waals surface area contributed by atoms with Gasteiger partial charge < -0.3 is 14.6 Å². The van der Waals surface area contributed by atoms with Crippen molar-refractivity contribution >= 4 is 18.1 Å². The van der Waals surface area contributed by atoms with Gasteiger partial charge in [0.15, 0.2) is 0 Å². The number of carbonyl (C=O) groups excluding carboxylic acids is 1. The van der Waals surface area contributed by atoms with E-state index in [0.717, 1.165) is 24.0 Å². The predicted molar refractivity (Wildman–Crippen MR) is 123 cm³/mol. The first-order valence-electron chi connectivity index (χ1n) is 10.6. The molecule has 0 spiro atoms. The van der Waals surface area contributed by atoms with Gasteiger partial charge in [-0.05, 0) is 48.3 Å². The maximum Gasteiger partial charge on any atom is 0.275 e. The summed E-state index contributed by atoms with van der Waals surface area (Å²) in [7, 11) is 1.58. The van der Waals surface area contributed by atoms with Gasteiger partial charge in [-0.1, -0.05) is 42.5 Å². The Bertz CT molecular complexity index is 1330. The van der Waals surface area contributed by atoms with Gasteiger partial charge in [0.25, 0.3) is 11.1 Å². The molecule has 0 saturated carbocycles. The van der Waals surface area contributed by atoms with Gasteiger partial charge in [-0.15, -0.1) is 0 Å². The van der Waals surface area contributed by atoms with E-state index in [0.29, 0.717) is 18.8 Å². The first-order valence-corrected chi connectivity index (χ1v) is 10.6. The van der Waals surface area contributed by atoms with E-state index in [9.17, 15) is 14.4 Å². The molecule has 1 amide bonds. The van der Waals surface area contributed by atoms with E-state index < -0.39 is 11.1 Å². The Hall–Kier alpha value is -3.87. The van der Waals surface area contributed by atoms with Gasteiger partial charge in [0.05, 0.1) is 7.11 Å². The number of rotatable bonds is 5. The molecule has 1 aliphatic heterocycles. The van der Waals surface area contributed by atoms with Crippen LogP contribution in [0.5, 0.6) is 5.75 Å². The zero-order chi connectivity index (χ0) is 22.5. The molecule has 1 aliphatic rings. The van der Waals surface area contributed by atoms with Crippen molar-refractivity contribution in [2.24, 2.45) is 0 Å². The van der Waals surface area contributed by atoms with Crippen LogP contribution < -0.4 is 26.6 Å². The highest BCUT2D eigenvalue weighted by Crippen LogP contribution is 2.11. The molecule has 3 aromatic rings. The van der Waals surface area contributed by atoms with Gasteiger partial charge in [0, 0.05) is 13.1 Å². The number of amides is 1. The highest BCUT2D eigenvalue weighted by atomic mass is 16.5. The first kappa shape index (κ1) is 21.4. The van der Waals surface area contributed by atoms with Crippen LogP contribution in [-0.4, -0.2) is 40.6 Å². The number of aromatic nitrogens is 2. The van der Waals surface area contributed by atoms with Crippen molar-refractivity contribution in [1.82, 2.24) is 14.5 Å². The fraction of sp³-hybridized carbons (Fsp3) is 0.240. The van der Waals surface area contributed by atoms with Crippen molar-refractivity contribution in [1.29, 1.82) is 0 Å². The minimum Gasteiger partial charge on any atom is -0.497 e. The average molecular weight is 431 g/mol. The molecule has 2 heterocycles. The van der Waals surface area contributed by atoms with E-state index in [1.54, 1.807) is 48.4 Å². The number of aromatic amines is 1. The van der Waals surface area contributed by atoms with E-state index in [4.69, 9.17) is 4.74 Å². The van der Waals surface area contributed by atoms with Crippen molar-refractivity contribution in [2.75, 3.05) is 20.2 Å². The second-order valence-corrected chi connectivity index (χ2v) is 7.70. The van der Waals surface area contributed by atoms with Crippen molar-refractivity contribution in [3.05, 3.63) is 97.1 Å². The van der Waals surface area contributed by atoms with Crippen molar-refractivity contribution in [3.63, 3.8) is 0 Å². The summed E-state index contributed by atoms with van der Waals surface area (Å²) in [5, 5.41) is 0.278. The molecular weight excluding hydrogens is 406 g/mol. The lowest BCUT2D eigenvalue weighted by molar-refractivity contribution is -0.130. The molecule has 7 nitrogen and oxygen atoms in total.